The van der Waals surface area contributed by atoms with Gasteiger partial charge in [-0.3, -0.25) is 9.67 Å². The van der Waals surface area contributed by atoms with E-state index in [0.717, 1.165) is 11.1 Å². The van der Waals surface area contributed by atoms with E-state index < -0.39 is 0 Å². The molecule has 0 aromatic carbocycles. The van der Waals surface area contributed by atoms with Gasteiger partial charge in [-0.25, -0.2) is 0 Å². The third-order valence-corrected chi connectivity index (χ3v) is 3.83. The first-order valence-corrected chi connectivity index (χ1v) is 7.60. The molecule has 7 nitrogen and oxygen atoms in total. The van der Waals surface area contributed by atoms with Crippen molar-refractivity contribution < 1.29 is 4.52 Å². The van der Waals surface area contributed by atoms with Crippen LogP contribution < -0.4 is 5.32 Å². The molecule has 0 saturated carbocycles. The minimum atomic E-state index is 0.211. The van der Waals surface area contributed by atoms with Crippen molar-refractivity contribution in [1.29, 1.82) is 0 Å². The Hall–Kier alpha value is -2.54. The molecule has 1 N–H and O–H groups in total. The van der Waals surface area contributed by atoms with Gasteiger partial charge in [-0.05, 0) is 38.5 Å². The standard InChI is InChI=1S/C16H20N6O/c1-11-7-19-22(10-11)13(3)12(2)18-9-15-20-16(21-23-15)14-5-4-6-17-8-14/h4-8,10,12-13,18H,9H2,1-3H3/t12-,13-/m0/s1. The molecule has 0 aliphatic heterocycles. The molecule has 0 spiro atoms. The number of nitrogens with zero attached hydrogens (tertiary/aromatic N) is 5. The molecule has 0 saturated heterocycles. The van der Waals surface area contributed by atoms with Crippen molar-refractivity contribution in [1.82, 2.24) is 30.2 Å². The van der Waals surface area contributed by atoms with Crippen LogP contribution in [0.3, 0.4) is 0 Å². The lowest BCUT2D eigenvalue weighted by Gasteiger charge is -2.20. The van der Waals surface area contributed by atoms with Crippen molar-refractivity contribution in [2.45, 2.75) is 39.4 Å². The summed E-state index contributed by atoms with van der Waals surface area (Å²) in [6, 6.07) is 4.19. The molecular weight excluding hydrogens is 292 g/mol. The summed E-state index contributed by atoms with van der Waals surface area (Å²) in [7, 11) is 0. The second-order valence-corrected chi connectivity index (χ2v) is 5.66. The van der Waals surface area contributed by atoms with Crippen LogP contribution in [0.25, 0.3) is 11.4 Å². The van der Waals surface area contributed by atoms with Crippen molar-refractivity contribution >= 4 is 0 Å². The van der Waals surface area contributed by atoms with Gasteiger partial charge in [0.25, 0.3) is 0 Å². The average molecular weight is 312 g/mol. The monoisotopic (exact) mass is 312 g/mol. The second-order valence-electron chi connectivity index (χ2n) is 5.66. The molecule has 0 aliphatic rings. The Balaban J connectivity index is 1.59. The molecule has 0 fully saturated rings. The van der Waals surface area contributed by atoms with E-state index in [4.69, 9.17) is 4.52 Å². The van der Waals surface area contributed by atoms with Gasteiger partial charge in [0.1, 0.15) is 0 Å². The lowest BCUT2D eigenvalue weighted by molar-refractivity contribution is 0.325. The van der Waals surface area contributed by atoms with Gasteiger partial charge in [0.15, 0.2) is 0 Å². The molecule has 0 aliphatic carbocycles. The van der Waals surface area contributed by atoms with E-state index in [9.17, 15) is 0 Å². The lowest BCUT2D eigenvalue weighted by Crippen LogP contribution is -2.33. The Morgan fingerprint density at radius 2 is 2.17 bits per heavy atom. The second kappa shape index (κ2) is 6.70. The zero-order valence-corrected chi connectivity index (χ0v) is 13.5. The summed E-state index contributed by atoms with van der Waals surface area (Å²) in [6.07, 6.45) is 7.33. The Labute approximate surface area is 134 Å². The van der Waals surface area contributed by atoms with Crippen LogP contribution >= 0.6 is 0 Å². The van der Waals surface area contributed by atoms with Gasteiger partial charge in [0.2, 0.25) is 11.7 Å². The number of hydrogen-bond donors (Lipinski definition) is 1. The highest BCUT2D eigenvalue weighted by Gasteiger charge is 2.16. The van der Waals surface area contributed by atoms with Gasteiger partial charge < -0.3 is 9.84 Å². The molecule has 0 amide bonds. The van der Waals surface area contributed by atoms with Crippen molar-refractivity contribution in [3.63, 3.8) is 0 Å². The summed E-state index contributed by atoms with van der Waals surface area (Å²) < 4.78 is 7.25. The zero-order valence-electron chi connectivity index (χ0n) is 13.5. The van der Waals surface area contributed by atoms with Crippen LogP contribution in [0.5, 0.6) is 0 Å². The Morgan fingerprint density at radius 1 is 1.30 bits per heavy atom. The number of hydrogen-bond acceptors (Lipinski definition) is 6. The number of pyridine rings is 1. The minimum absolute atomic E-state index is 0.211. The fourth-order valence-corrected chi connectivity index (χ4v) is 2.24. The molecule has 0 radical (unpaired) electrons. The summed E-state index contributed by atoms with van der Waals surface area (Å²) in [4.78, 5) is 8.44. The summed E-state index contributed by atoms with van der Waals surface area (Å²) in [5.41, 5.74) is 2.00. The number of rotatable bonds is 6. The molecule has 2 atom stereocenters. The summed E-state index contributed by atoms with van der Waals surface area (Å²) in [5, 5.41) is 11.7. The van der Waals surface area contributed by atoms with Gasteiger partial charge in [-0.2, -0.15) is 10.1 Å². The Morgan fingerprint density at radius 3 is 2.87 bits per heavy atom. The SMILES string of the molecule is Cc1cnn([C@@H](C)[C@H](C)NCc2nc(-c3cccnc3)no2)c1. The topological polar surface area (TPSA) is 81.7 Å². The van der Waals surface area contributed by atoms with Gasteiger partial charge >= 0.3 is 0 Å². The van der Waals surface area contributed by atoms with Gasteiger partial charge in [0, 0.05) is 30.2 Å². The van der Waals surface area contributed by atoms with E-state index in [2.05, 4.69) is 39.4 Å². The Bertz CT molecular complexity index is 751. The molecule has 120 valence electrons. The molecule has 3 heterocycles. The van der Waals surface area contributed by atoms with Crippen LogP contribution in [0, 0.1) is 6.92 Å². The van der Waals surface area contributed by atoms with Crippen LogP contribution in [0.1, 0.15) is 31.3 Å². The summed E-state index contributed by atoms with van der Waals surface area (Å²) in [5.74, 6) is 1.11. The van der Waals surface area contributed by atoms with E-state index >= 15 is 0 Å². The van der Waals surface area contributed by atoms with Crippen LogP contribution in [-0.2, 0) is 6.54 Å². The maximum atomic E-state index is 5.29. The average Bonchev–Trinajstić information content (AvgIpc) is 3.22. The molecule has 0 unspecified atom stereocenters. The summed E-state index contributed by atoms with van der Waals surface area (Å²) in [6.45, 7) is 6.78. The van der Waals surface area contributed by atoms with Crippen LogP contribution in [0.4, 0.5) is 0 Å². The fourth-order valence-electron chi connectivity index (χ4n) is 2.24. The first-order chi connectivity index (χ1) is 11.1. The number of nitrogens with one attached hydrogen (secondary N) is 1. The normalized spacial score (nSPS) is 13.9. The minimum Gasteiger partial charge on any atom is -0.338 e. The van der Waals surface area contributed by atoms with Crippen molar-refractivity contribution in [2.24, 2.45) is 0 Å². The third-order valence-electron chi connectivity index (χ3n) is 3.83. The van der Waals surface area contributed by atoms with Gasteiger partial charge in [0.05, 0.1) is 18.8 Å². The molecule has 3 aromatic heterocycles. The highest BCUT2D eigenvalue weighted by Crippen LogP contribution is 2.15. The van der Waals surface area contributed by atoms with E-state index in [0.29, 0.717) is 18.3 Å². The molecule has 3 aromatic rings. The summed E-state index contributed by atoms with van der Waals surface area (Å²) >= 11 is 0. The highest BCUT2D eigenvalue weighted by atomic mass is 16.5. The predicted molar refractivity (Wildman–Crippen MR) is 85.5 cm³/mol. The van der Waals surface area contributed by atoms with Gasteiger partial charge in [-0.1, -0.05) is 5.16 Å². The van der Waals surface area contributed by atoms with E-state index in [-0.39, 0.29) is 12.1 Å². The first kappa shape index (κ1) is 15.4. The Kier molecular flexibility index (Phi) is 4.47. The lowest BCUT2D eigenvalue weighted by atomic mass is 10.2. The van der Waals surface area contributed by atoms with E-state index in [1.165, 1.54) is 0 Å². The van der Waals surface area contributed by atoms with Crippen molar-refractivity contribution in [3.05, 3.63) is 48.4 Å². The molecule has 23 heavy (non-hydrogen) atoms. The van der Waals surface area contributed by atoms with E-state index in [1.807, 2.05) is 36.1 Å². The van der Waals surface area contributed by atoms with Crippen LogP contribution in [0.15, 0.2) is 41.4 Å². The maximum Gasteiger partial charge on any atom is 0.240 e. The van der Waals surface area contributed by atoms with Gasteiger partial charge in [-0.15, -0.1) is 0 Å². The third kappa shape index (κ3) is 3.62. The van der Waals surface area contributed by atoms with Crippen LogP contribution in [0.2, 0.25) is 0 Å². The molecular formula is C16H20N6O. The molecule has 7 heteroatoms. The quantitative estimate of drug-likeness (QED) is 0.752. The zero-order chi connectivity index (χ0) is 16.2. The number of aryl methyl sites for hydroxylation is 1. The first-order valence-electron chi connectivity index (χ1n) is 7.60. The molecule has 0 bridgehead atoms. The number of aromatic nitrogens is 5. The van der Waals surface area contributed by atoms with Crippen LogP contribution in [-0.4, -0.2) is 30.9 Å². The smallest absolute Gasteiger partial charge is 0.240 e. The fraction of sp³-hybridized carbons (Fsp3) is 0.375. The van der Waals surface area contributed by atoms with Crippen molar-refractivity contribution in [2.75, 3.05) is 0 Å². The maximum absolute atomic E-state index is 5.29. The predicted octanol–water partition coefficient (Wildman–Crippen LogP) is 2.38. The highest BCUT2D eigenvalue weighted by molar-refractivity contribution is 5.51. The van der Waals surface area contributed by atoms with E-state index in [1.54, 1.807) is 12.4 Å². The van der Waals surface area contributed by atoms with Crippen molar-refractivity contribution in [3.8, 4) is 11.4 Å². The molecule has 3 rings (SSSR count). The largest absolute Gasteiger partial charge is 0.338 e.